The number of nitriles is 1. The average Bonchev–Trinajstić information content (AvgIpc) is 3.12. The minimum atomic E-state index is -0.430. The molecule has 1 aliphatic rings. The molecule has 1 heterocycles. The second kappa shape index (κ2) is 6.90. The Morgan fingerprint density at radius 2 is 1.88 bits per heavy atom. The highest BCUT2D eigenvalue weighted by molar-refractivity contribution is 6.04. The second-order valence-electron chi connectivity index (χ2n) is 6.51. The van der Waals surface area contributed by atoms with Gasteiger partial charge < -0.3 is 4.90 Å². The van der Waals surface area contributed by atoms with Gasteiger partial charge in [0.2, 0.25) is 0 Å². The first kappa shape index (κ1) is 16.9. The van der Waals surface area contributed by atoms with Crippen LogP contribution in [0.1, 0.15) is 50.2 Å². The normalized spacial score (nSPS) is 16.5. The number of nitrogens with zero attached hydrogens (tertiary/aromatic N) is 2. The molecule has 1 atom stereocenters. The predicted octanol–water partition coefficient (Wildman–Crippen LogP) is 3.66. The maximum absolute atomic E-state index is 12.9. The summed E-state index contributed by atoms with van der Waals surface area (Å²) >= 11 is 0. The van der Waals surface area contributed by atoms with Crippen molar-refractivity contribution in [1.82, 2.24) is 4.90 Å². The van der Waals surface area contributed by atoms with E-state index in [2.05, 4.69) is 0 Å². The highest BCUT2D eigenvalue weighted by atomic mass is 16.2. The molecule has 0 aliphatic carbocycles. The lowest BCUT2D eigenvalue weighted by molar-refractivity contribution is 0.0671. The van der Waals surface area contributed by atoms with E-state index in [4.69, 9.17) is 5.26 Å². The molecule has 2 aromatic carbocycles. The van der Waals surface area contributed by atoms with Gasteiger partial charge >= 0.3 is 0 Å². The molecule has 0 radical (unpaired) electrons. The summed E-state index contributed by atoms with van der Waals surface area (Å²) in [4.78, 5) is 27.4. The highest BCUT2D eigenvalue weighted by Crippen LogP contribution is 2.24. The van der Waals surface area contributed by atoms with Gasteiger partial charge in [-0.2, -0.15) is 5.26 Å². The van der Waals surface area contributed by atoms with Crippen molar-refractivity contribution in [3.63, 3.8) is 0 Å². The maximum Gasteiger partial charge on any atom is 0.254 e. The predicted molar refractivity (Wildman–Crippen MR) is 95.5 cm³/mol. The molecule has 25 heavy (non-hydrogen) atoms. The SMILES string of the molecule is Cc1ccc(C(=O)C2CCCN2C(=O)c2cccc(C#N)c2)cc1C. The van der Waals surface area contributed by atoms with Gasteiger partial charge in [0.05, 0.1) is 17.7 Å². The number of aryl methyl sites for hydroxylation is 2. The molecule has 0 spiro atoms. The Kier molecular flexibility index (Phi) is 4.67. The summed E-state index contributed by atoms with van der Waals surface area (Å²) in [6.07, 6.45) is 1.49. The van der Waals surface area contributed by atoms with E-state index >= 15 is 0 Å². The number of hydrogen-bond acceptors (Lipinski definition) is 3. The number of carbonyl (C=O) groups is 2. The van der Waals surface area contributed by atoms with E-state index < -0.39 is 6.04 Å². The van der Waals surface area contributed by atoms with Gasteiger partial charge in [-0.25, -0.2) is 0 Å². The molecule has 0 N–H and O–H groups in total. The first-order valence-corrected chi connectivity index (χ1v) is 8.44. The van der Waals surface area contributed by atoms with Crippen molar-refractivity contribution in [3.05, 3.63) is 70.3 Å². The standard InChI is InChI=1S/C21H20N2O2/c1-14-8-9-17(11-15(14)2)20(24)19-7-4-10-23(19)21(25)18-6-3-5-16(12-18)13-22/h3,5-6,8-9,11-12,19H,4,7,10H2,1-2H3. The van der Waals surface area contributed by atoms with Crippen LogP contribution in [0.25, 0.3) is 0 Å². The molecule has 126 valence electrons. The van der Waals surface area contributed by atoms with Crippen LogP contribution in [-0.4, -0.2) is 29.2 Å². The first-order chi connectivity index (χ1) is 12.0. The van der Waals surface area contributed by atoms with Gasteiger partial charge in [0.15, 0.2) is 5.78 Å². The van der Waals surface area contributed by atoms with Crippen LogP contribution in [0.4, 0.5) is 0 Å². The Morgan fingerprint density at radius 1 is 1.08 bits per heavy atom. The van der Waals surface area contributed by atoms with E-state index in [1.807, 2.05) is 38.1 Å². The molecule has 1 unspecified atom stereocenters. The van der Waals surface area contributed by atoms with Crippen LogP contribution in [0.3, 0.4) is 0 Å². The van der Waals surface area contributed by atoms with Crippen LogP contribution in [-0.2, 0) is 0 Å². The molecule has 3 rings (SSSR count). The molecule has 4 nitrogen and oxygen atoms in total. The molecule has 1 fully saturated rings. The number of benzene rings is 2. The summed E-state index contributed by atoms with van der Waals surface area (Å²) in [6.45, 7) is 4.56. The van der Waals surface area contributed by atoms with Crippen LogP contribution in [0.2, 0.25) is 0 Å². The van der Waals surface area contributed by atoms with Crippen LogP contribution in [0.15, 0.2) is 42.5 Å². The molecule has 0 saturated carbocycles. The number of likely N-dealkylation sites (tertiary alicyclic amines) is 1. The smallest absolute Gasteiger partial charge is 0.254 e. The Bertz CT molecular complexity index is 880. The molecule has 1 aliphatic heterocycles. The fraction of sp³-hybridized carbons (Fsp3) is 0.286. The number of amides is 1. The second-order valence-corrected chi connectivity index (χ2v) is 6.51. The summed E-state index contributed by atoms with van der Waals surface area (Å²) < 4.78 is 0. The summed E-state index contributed by atoms with van der Waals surface area (Å²) in [6, 6.07) is 13.9. The van der Waals surface area contributed by atoms with Gasteiger partial charge in [-0.3, -0.25) is 9.59 Å². The van der Waals surface area contributed by atoms with Crippen LogP contribution in [0.5, 0.6) is 0 Å². The monoisotopic (exact) mass is 332 g/mol. The number of Topliss-reactive ketones (excluding diaryl/α,β-unsaturated/α-hetero) is 1. The summed E-state index contributed by atoms with van der Waals surface area (Å²) in [7, 11) is 0. The number of hydrogen-bond donors (Lipinski definition) is 0. The lowest BCUT2D eigenvalue weighted by Crippen LogP contribution is -2.40. The van der Waals surface area contributed by atoms with Gasteiger partial charge in [0, 0.05) is 17.7 Å². The third-order valence-electron chi connectivity index (χ3n) is 4.85. The molecule has 0 bridgehead atoms. The van der Waals surface area contributed by atoms with Crippen molar-refractivity contribution < 1.29 is 9.59 Å². The topological polar surface area (TPSA) is 61.2 Å². The lowest BCUT2D eigenvalue weighted by Gasteiger charge is -2.24. The molecule has 1 amide bonds. The summed E-state index contributed by atoms with van der Waals surface area (Å²) in [5.41, 5.74) is 3.77. The van der Waals surface area contributed by atoms with E-state index in [1.165, 1.54) is 0 Å². The Labute approximate surface area is 147 Å². The Morgan fingerprint density at radius 3 is 2.60 bits per heavy atom. The van der Waals surface area contributed by atoms with E-state index in [0.29, 0.717) is 29.7 Å². The highest BCUT2D eigenvalue weighted by Gasteiger charge is 2.35. The minimum Gasteiger partial charge on any atom is -0.328 e. The van der Waals surface area contributed by atoms with Crippen LogP contribution in [0, 0.1) is 25.2 Å². The Hall–Kier alpha value is -2.93. The van der Waals surface area contributed by atoms with Crippen molar-refractivity contribution in [2.75, 3.05) is 6.54 Å². The fourth-order valence-corrected chi connectivity index (χ4v) is 3.26. The summed E-state index contributed by atoms with van der Waals surface area (Å²) in [5, 5.41) is 9.02. The average molecular weight is 332 g/mol. The fourth-order valence-electron chi connectivity index (χ4n) is 3.26. The van der Waals surface area contributed by atoms with Crippen molar-refractivity contribution in [2.45, 2.75) is 32.7 Å². The van der Waals surface area contributed by atoms with E-state index in [-0.39, 0.29) is 11.7 Å². The number of rotatable bonds is 3. The van der Waals surface area contributed by atoms with Crippen LogP contribution < -0.4 is 0 Å². The van der Waals surface area contributed by atoms with Gasteiger partial charge in [-0.1, -0.05) is 18.2 Å². The molecular formula is C21H20N2O2. The zero-order valence-electron chi connectivity index (χ0n) is 14.5. The first-order valence-electron chi connectivity index (χ1n) is 8.44. The largest absolute Gasteiger partial charge is 0.328 e. The van der Waals surface area contributed by atoms with Crippen molar-refractivity contribution in [1.29, 1.82) is 5.26 Å². The quantitative estimate of drug-likeness (QED) is 0.806. The maximum atomic E-state index is 12.9. The molecular weight excluding hydrogens is 312 g/mol. The van der Waals surface area contributed by atoms with Crippen molar-refractivity contribution in [2.24, 2.45) is 0 Å². The van der Waals surface area contributed by atoms with Gasteiger partial charge in [-0.05, 0) is 62.1 Å². The summed E-state index contributed by atoms with van der Waals surface area (Å²) in [5.74, 6) is -0.192. The van der Waals surface area contributed by atoms with Gasteiger partial charge in [-0.15, -0.1) is 0 Å². The van der Waals surface area contributed by atoms with Gasteiger partial charge in [0.25, 0.3) is 5.91 Å². The molecule has 1 saturated heterocycles. The van der Waals surface area contributed by atoms with Crippen LogP contribution >= 0.6 is 0 Å². The van der Waals surface area contributed by atoms with Gasteiger partial charge in [0.1, 0.15) is 0 Å². The van der Waals surface area contributed by atoms with E-state index in [9.17, 15) is 9.59 Å². The number of ketones is 1. The third-order valence-corrected chi connectivity index (χ3v) is 4.85. The minimum absolute atomic E-state index is 0.00890. The third kappa shape index (κ3) is 3.32. The van der Waals surface area contributed by atoms with Crippen molar-refractivity contribution in [3.8, 4) is 6.07 Å². The lowest BCUT2D eigenvalue weighted by atomic mass is 9.98. The van der Waals surface area contributed by atoms with Crippen molar-refractivity contribution >= 4 is 11.7 Å². The zero-order chi connectivity index (χ0) is 18.0. The Balaban J connectivity index is 1.86. The molecule has 2 aromatic rings. The van der Waals surface area contributed by atoms with E-state index in [0.717, 1.165) is 17.5 Å². The number of carbonyl (C=O) groups excluding carboxylic acids is 2. The molecule has 4 heteroatoms. The molecule has 0 aromatic heterocycles. The van der Waals surface area contributed by atoms with E-state index in [1.54, 1.807) is 29.2 Å². The zero-order valence-corrected chi connectivity index (χ0v) is 14.5.